The highest BCUT2D eigenvalue weighted by molar-refractivity contribution is 6.58. The lowest BCUT2D eigenvalue weighted by molar-refractivity contribution is 0.426. The monoisotopic (exact) mass is 242 g/mol. The van der Waals surface area contributed by atoms with Gasteiger partial charge in [-0.2, -0.15) is 0 Å². The molecule has 0 fully saturated rings. The normalized spacial score (nSPS) is 10.1. The van der Waals surface area contributed by atoms with Crippen molar-refractivity contribution in [2.75, 3.05) is 11.1 Å². The van der Waals surface area contributed by atoms with Crippen LogP contribution in [0, 0.1) is 0 Å². The van der Waals surface area contributed by atoms with E-state index in [2.05, 4.69) is 5.32 Å². The molecule has 5 heteroatoms. The largest absolute Gasteiger partial charge is 0.488 e. The number of nitrogen functional groups attached to an aromatic ring is 1. The van der Waals surface area contributed by atoms with Crippen molar-refractivity contribution in [3.8, 4) is 0 Å². The number of rotatable bonds is 4. The van der Waals surface area contributed by atoms with Gasteiger partial charge < -0.3 is 21.1 Å². The van der Waals surface area contributed by atoms with Crippen LogP contribution in [0.1, 0.15) is 5.56 Å². The minimum Gasteiger partial charge on any atom is -0.423 e. The van der Waals surface area contributed by atoms with E-state index in [9.17, 15) is 0 Å². The molecule has 18 heavy (non-hydrogen) atoms. The highest BCUT2D eigenvalue weighted by Gasteiger charge is 2.12. The van der Waals surface area contributed by atoms with Gasteiger partial charge in [-0.05, 0) is 29.2 Å². The summed E-state index contributed by atoms with van der Waals surface area (Å²) >= 11 is 0. The first-order chi connectivity index (χ1) is 8.65. The first kappa shape index (κ1) is 12.5. The van der Waals surface area contributed by atoms with Gasteiger partial charge in [0.05, 0.1) is 0 Å². The van der Waals surface area contributed by atoms with E-state index >= 15 is 0 Å². The minimum absolute atomic E-state index is 0.380. The van der Waals surface area contributed by atoms with Crippen LogP contribution in [-0.4, -0.2) is 17.2 Å². The molecular formula is C13H15BN2O2. The van der Waals surface area contributed by atoms with Crippen molar-refractivity contribution in [1.29, 1.82) is 0 Å². The van der Waals surface area contributed by atoms with Gasteiger partial charge in [0, 0.05) is 17.9 Å². The van der Waals surface area contributed by atoms with E-state index in [-0.39, 0.29) is 0 Å². The van der Waals surface area contributed by atoms with Crippen LogP contribution in [0.2, 0.25) is 0 Å². The van der Waals surface area contributed by atoms with Gasteiger partial charge in [-0.1, -0.05) is 30.3 Å². The Hall–Kier alpha value is -1.98. The zero-order valence-corrected chi connectivity index (χ0v) is 9.88. The lowest BCUT2D eigenvalue weighted by atomic mass is 9.80. The van der Waals surface area contributed by atoms with Crippen molar-refractivity contribution in [3.05, 3.63) is 54.1 Å². The molecule has 0 spiro atoms. The number of anilines is 2. The first-order valence-electron chi connectivity index (χ1n) is 5.69. The van der Waals surface area contributed by atoms with Gasteiger partial charge >= 0.3 is 7.12 Å². The molecule has 4 nitrogen and oxygen atoms in total. The van der Waals surface area contributed by atoms with Crippen molar-refractivity contribution in [2.24, 2.45) is 0 Å². The molecule has 92 valence electrons. The van der Waals surface area contributed by atoms with E-state index in [1.165, 1.54) is 0 Å². The summed E-state index contributed by atoms with van der Waals surface area (Å²) in [6, 6.07) is 14.9. The molecule has 0 amide bonds. The molecule has 0 aliphatic rings. The van der Waals surface area contributed by atoms with Gasteiger partial charge in [0.25, 0.3) is 0 Å². The van der Waals surface area contributed by atoms with E-state index in [0.29, 0.717) is 17.7 Å². The number of benzene rings is 2. The summed E-state index contributed by atoms with van der Waals surface area (Å²) in [5, 5.41) is 21.5. The molecule has 0 bridgehead atoms. The van der Waals surface area contributed by atoms with Gasteiger partial charge in [0.1, 0.15) is 0 Å². The molecule has 0 unspecified atom stereocenters. The number of hydrogen-bond donors (Lipinski definition) is 4. The summed E-state index contributed by atoms with van der Waals surface area (Å²) in [7, 11) is -1.51. The van der Waals surface area contributed by atoms with E-state index in [4.69, 9.17) is 15.8 Å². The topological polar surface area (TPSA) is 78.5 Å². The highest BCUT2D eigenvalue weighted by Crippen LogP contribution is 2.12. The summed E-state index contributed by atoms with van der Waals surface area (Å²) < 4.78 is 0. The molecule has 0 saturated heterocycles. The summed E-state index contributed by atoms with van der Waals surface area (Å²) in [6.07, 6.45) is 0. The third-order valence-electron chi connectivity index (χ3n) is 2.62. The Labute approximate surface area is 106 Å². The minimum atomic E-state index is -1.51. The van der Waals surface area contributed by atoms with Gasteiger partial charge in [0.2, 0.25) is 0 Å². The van der Waals surface area contributed by atoms with Crippen LogP contribution in [0.3, 0.4) is 0 Å². The Morgan fingerprint density at radius 1 is 1.06 bits per heavy atom. The lowest BCUT2D eigenvalue weighted by Gasteiger charge is -2.10. The van der Waals surface area contributed by atoms with Crippen molar-refractivity contribution < 1.29 is 10.0 Å². The summed E-state index contributed by atoms with van der Waals surface area (Å²) in [4.78, 5) is 0. The fourth-order valence-corrected chi connectivity index (χ4v) is 1.73. The maximum atomic E-state index is 9.13. The quantitative estimate of drug-likeness (QED) is 0.466. The molecule has 0 aliphatic carbocycles. The van der Waals surface area contributed by atoms with Crippen LogP contribution in [0.4, 0.5) is 11.4 Å². The third-order valence-corrected chi connectivity index (χ3v) is 2.62. The van der Waals surface area contributed by atoms with Crippen LogP contribution in [0.5, 0.6) is 0 Å². The Kier molecular flexibility index (Phi) is 3.87. The number of nitrogens with one attached hydrogen (secondary N) is 1. The van der Waals surface area contributed by atoms with Gasteiger partial charge in [-0.3, -0.25) is 0 Å². The summed E-state index contributed by atoms with van der Waals surface area (Å²) in [5.74, 6) is 0. The van der Waals surface area contributed by atoms with Crippen LogP contribution < -0.4 is 16.5 Å². The Balaban J connectivity index is 2.10. The smallest absolute Gasteiger partial charge is 0.423 e. The van der Waals surface area contributed by atoms with E-state index in [1.54, 1.807) is 18.2 Å². The fraction of sp³-hybridized carbons (Fsp3) is 0.0769. The summed E-state index contributed by atoms with van der Waals surface area (Å²) in [5.41, 5.74) is 8.49. The molecule has 0 aromatic heterocycles. The second-order valence-electron chi connectivity index (χ2n) is 4.10. The number of nitrogens with two attached hydrogens (primary N) is 1. The van der Waals surface area contributed by atoms with Crippen LogP contribution in [0.25, 0.3) is 0 Å². The predicted octanol–water partition coefficient (Wildman–Crippen LogP) is 0.561. The zero-order valence-electron chi connectivity index (χ0n) is 9.88. The van der Waals surface area contributed by atoms with Gasteiger partial charge in [-0.25, -0.2) is 0 Å². The van der Waals surface area contributed by atoms with E-state index in [0.717, 1.165) is 11.3 Å². The third kappa shape index (κ3) is 3.26. The molecule has 2 aromatic carbocycles. The maximum Gasteiger partial charge on any atom is 0.488 e. The molecule has 0 heterocycles. The molecule has 0 aliphatic heterocycles. The first-order valence-corrected chi connectivity index (χ1v) is 5.69. The SMILES string of the molecule is Nc1cc(NCc2ccccc2)cc(B(O)O)c1. The van der Waals surface area contributed by atoms with Crippen molar-refractivity contribution >= 4 is 24.0 Å². The molecule has 0 radical (unpaired) electrons. The average Bonchev–Trinajstić information content (AvgIpc) is 2.37. The van der Waals surface area contributed by atoms with Crippen molar-refractivity contribution in [1.82, 2.24) is 0 Å². The highest BCUT2D eigenvalue weighted by atomic mass is 16.4. The van der Waals surface area contributed by atoms with Crippen LogP contribution in [-0.2, 0) is 6.54 Å². The Bertz CT molecular complexity index is 518. The molecule has 2 aromatic rings. The molecule has 2 rings (SSSR count). The second-order valence-corrected chi connectivity index (χ2v) is 4.10. The van der Waals surface area contributed by atoms with Crippen molar-refractivity contribution in [3.63, 3.8) is 0 Å². The van der Waals surface area contributed by atoms with Crippen LogP contribution >= 0.6 is 0 Å². The molecule has 0 atom stereocenters. The van der Waals surface area contributed by atoms with Crippen molar-refractivity contribution in [2.45, 2.75) is 6.54 Å². The molecule has 0 saturated carbocycles. The molecule has 5 N–H and O–H groups in total. The van der Waals surface area contributed by atoms with Gasteiger partial charge in [0.15, 0.2) is 0 Å². The van der Waals surface area contributed by atoms with Gasteiger partial charge in [-0.15, -0.1) is 0 Å². The van der Waals surface area contributed by atoms with E-state index < -0.39 is 7.12 Å². The zero-order chi connectivity index (χ0) is 13.0. The standard InChI is InChI=1S/C13H15BN2O2/c15-12-6-11(14(17)18)7-13(8-12)16-9-10-4-2-1-3-5-10/h1-8,16-18H,9,15H2. The maximum absolute atomic E-state index is 9.13. The van der Waals surface area contributed by atoms with Crippen LogP contribution in [0.15, 0.2) is 48.5 Å². The predicted molar refractivity (Wildman–Crippen MR) is 74.4 cm³/mol. The average molecular weight is 242 g/mol. The Morgan fingerprint density at radius 2 is 1.78 bits per heavy atom. The van der Waals surface area contributed by atoms with E-state index in [1.807, 2.05) is 30.3 Å². The number of hydrogen-bond acceptors (Lipinski definition) is 4. The lowest BCUT2D eigenvalue weighted by Crippen LogP contribution is -2.30. The Morgan fingerprint density at radius 3 is 2.44 bits per heavy atom. The summed E-state index contributed by atoms with van der Waals surface area (Å²) in [6.45, 7) is 0.658. The molecular weight excluding hydrogens is 227 g/mol. The second kappa shape index (κ2) is 5.57. The fourth-order valence-electron chi connectivity index (χ4n) is 1.73.